The van der Waals surface area contributed by atoms with Crippen molar-refractivity contribution in [2.24, 2.45) is 5.41 Å². The normalized spacial score (nSPS) is 19.7. The van der Waals surface area contributed by atoms with Gasteiger partial charge in [0.05, 0.1) is 34.9 Å². The zero-order chi connectivity index (χ0) is 20.9. The second kappa shape index (κ2) is 8.75. The third-order valence-electron chi connectivity index (χ3n) is 6.12. The fraction of sp³-hybridized carbons (Fsp3) is 0.458. The van der Waals surface area contributed by atoms with Crippen LogP contribution in [0, 0.1) is 16.7 Å². The van der Waals surface area contributed by atoms with Crippen molar-refractivity contribution in [3.63, 3.8) is 0 Å². The van der Waals surface area contributed by atoms with Crippen LogP contribution < -0.4 is 0 Å². The molecule has 0 saturated carbocycles. The van der Waals surface area contributed by atoms with Crippen molar-refractivity contribution in [1.29, 1.82) is 5.26 Å². The Hall–Kier alpha value is -2.71. The molecule has 1 atom stereocenters. The minimum Gasteiger partial charge on any atom is -0.466 e. The van der Waals surface area contributed by atoms with Crippen LogP contribution >= 0.6 is 0 Å². The zero-order valence-electron chi connectivity index (χ0n) is 17.5. The van der Waals surface area contributed by atoms with E-state index in [1.807, 2.05) is 55.6 Å². The standard InChI is InChI=1S/C24H29N3O2/c1-4-29-22(28)24(13-12-19-8-10-20(17-25)11-9-19)14-16-27(18-24)23(2,3)21-7-5-6-15-26-21/h5-11,15H,4,12-14,16,18H2,1-3H3/t24-/m1/s1. The number of carbonyl (C=O) groups excluding carboxylic acids is 1. The van der Waals surface area contributed by atoms with Crippen molar-refractivity contribution in [1.82, 2.24) is 9.88 Å². The number of aromatic nitrogens is 1. The van der Waals surface area contributed by atoms with E-state index in [9.17, 15) is 4.79 Å². The number of hydrogen-bond acceptors (Lipinski definition) is 5. The molecular weight excluding hydrogens is 362 g/mol. The average Bonchev–Trinajstić information content (AvgIpc) is 3.20. The molecule has 1 aromatic carbocycles. The van der Waals surface area contributed by atoms with Crippen LogP contribution in [0.15, 0.2) is 48.7 Å². The summed E-state index contributed by atoms with van der Waals surface area (Å²) in [5, 5.41) is 8.98. The molecule has 0 spiro atoms. The third-order valence-corrected chi connectivity index (χ3v) is 6.12. The molecule has 152 valence electrons. The molecular formula is C24H29N3O2. The Balaban J connectivity index is 1.78. The van der Waals surface area contributed by atoms with Gasteiger partial charge in [-0.1, -0.05) is 18.2 Å². The van der Waals surface area contributed by atoms with Crippen molar-refractivity contribution in [2.45, 2.75) is 45.6 Å². The van der Waals surface area contributed by atoms with Gasteiger partial charge in [0.1, 0.15) is 0 Å². The van der Waals surface area contributed by atoms with Gasteiger partial charge in [-0.15, -0.1) is 0 Å². The highest BCUT2D eigenvalue weighted by molar-refractivity contribution is 5.77. The van der Waals surface area contributed by atoms with Gasteiger partial charge in [-0.3, -0.25) is 14.7 Å². The molecule has 1 fully saturated rings. The Bertz CT molecular complexity index is 871. The van der Waals surface area contributed by atoms with Gasteiger partial charge in [-0.05, 0) is 69.9 Å². The largest absolute Gasteiger partial charge is 0.466 e. The molecule has 2 aromatic rings. The second-order valence-electron chi connectivity index (χ2n) is 8.26. The maximum Gasteiger partial charge on any atom is 0.313 e. The minimum absolute atomic E-state index is 0.104. The average molecular weight is 392 g/mol. The van der Waals surface area contributed by atoms with Gasteiger partial charge in [0.15, 0.2) is 0 Å². The number of nitrogens with zero attached hydrogens (tertiary/aromatic N) is 3. The lowest BCUT2D eigenvalue weighted by molar-refractivity contribution is -0.155. The van der Waals surface area contributed by atoms with Gasteiger partial charge in [-0.2, -0.15) is 5.26 Å². The number of benzene rings is 1. The van der Waals surface area contributed by atoms with E-state index in [1.54, 1.807) is 0 Å². The smallest absolute Gasteiger partial charge is 0.313 e. The van der Waals surface area contributed by atoms with Crippen molar-refractivity contribution in [2.75, 3.05) is 19.7 Å². The highest BCUT2D eigenvalue weighted by atomic mass is 16.5. The topological polar surface area (TPSA) is 66.2 Å². The van der Waals surface area contributed by atoms with E-state index in [-0.39, 0.29) is 11.5 Å². The highest BCUT2D eigenvalue weighted by Gasteiger charge is 2.49. The van der Waals surface area contributed by atoms with Gasteiger partial charge in [0, 0.05) is 19.3 Å². The fourth-order valence-corrected chi connectivity index (χ4v) is 4.12. The maximum absolute atomic E-state index is 13.0. The van der Waals surface area contributed by atoms with Crippen molar-refractivity contribution in [3.05, 3.63) is 65.5 Å². The molecule has 3 rings (SSSR count). The number of nitriles is 1. The van der Waals surface area contributed by atoms with Crippen LogP contribution in [0.2, 0.25) is 0 Å². The van der Waals surface area contributed by atoms with Crippen LogP contribution in [-0.2, 0) is 21.5 Å². The number of likely N-dealkylation sites (tertiary alicyclic amines) is 1. The van der Waals surface area contributed by atoms with E-state index in [4.69, 9.17) is 10.00 Å². The van der Waals surface area contributed by atoms with E-state index < -0.39 is 5.41 Å². The summed E-state index contributed by atoms with van der Waals surface area (Å²) in [6.45, 7) is 8.06. The van der Waals surface area contributed by atoms with Gasteiger partial charge in [0.25, 0.3) is 0 Å². The van der Waals surface area contributed by atoms with Crippen molar-refractivity contribution < 1.29 is 9.53 Å². The second-order valence-corrected chi connectivity index (χ2v) is 8.26. The summed E-state index contributed by atoms with van der Waals surface area (Å²) in [7, 11) is 0. The molecule has 0 bridgehead atoms. The molecule has 0 unspecified atom stereocenters. The predicted molar refractivity (Wildman–Crippen MR) is 112 cm³/mol. The van der Waals surface area contributed by atoms with Crippen LogP contribution in [0.1, 0.15) is 50.4 Å². The molecule has 2 heterocycles. The molecule has 1 aliphatic rings. The Kier molecular flexibility index (Phi) is 6.34. The molecule has 0 N–H and O–H groups in total. The summed E-state index contributed by atoms with van der Waals surface area (Å²) < 4.78 is 5.50. The van der Waals surface area contributed by atoms with Crippen molar-refractivity contribution in [3.8, 4) is 6.07 Å². The van der Waals surface area contributed by atoms with Crippen molar-refractivity contribution >= 4 is 5.97 Å². The van der Waals surface area contributed by atoms with Gasteiger partial charge < -0.3 is 4.74 Å². The van der Waals surface area contributed by atoms with Crippen LogP contribution in [0.4, 0.5) is 0 Å². The predicted octanol–water partition coefficient (Wildman–Crippen LogP) is 4.08. The monoisotopic (exact) mass is 391 g/mol. The Morgan fingerprint density at radius 1 is 1.28 bits per heavy atom. The number of hydrogen-bond donors (Lipinski definition) is 0. The van der Waals surface area contributed by atoms with Crippen LogP contribution in [-0.4, -0.2) is 35.5 Å². The van der Waals surface area contributed by atoms with E-state index in [2.05, 4.69) is 29.8 Å². The van der Waals surface area contributed by atoms with Crippen LogP contribution in [0.5, 0.6) is 0 Å². The SMILES string of the molecule is CCOC(=O)[C@]1(CCc2ccc(C#N)cc2)CCN(C(C)(C)c2ccccn2)C1. The zero-order valence-corrected chi connectivity index (χ0v) is 17.5. The molecule has 0 aliphatic carbocycles. The summed E-state index contributed by atoms with van der Waals surface area (Å²) in [5.74, 6) is -0.104. The molecule has 5 nitrogen and oxygen atoms in total. The first-order valence-electron chi connectivity index (χ1n) is 10.2. The maximum atomic E-state index is 13.0. The first kappa shape index (κ1) is 21.0. The number of pyridine rings is 1. The number of rotatable bonds is 7. The number of ether oxygens (including phenoxy) is 1. The van der Waals surface area contributed by atoms with Gasteiger partial charge in [0.2, 0.25) is 0 Å². The molecule has 1 aromatic heterocycles. The van der Waals surface area contributed by atoms with E-state index in [0.717, 1.165) is 37.1 Å². The van der Waals surface area contributed by atoms with Gasteiger partial charge >= 0.3 is 5.97 Å². The Labute approximate surface area is 173 Å². The lowest BCUT2D eigenvalue weighted by Crippen LogP contribution is -2.44. The van der Waals surface area contributed by atoms with Crippen LogP contribution in [0.3, 0.4) is 0 Å². The fourth-order valence-electron chi connectivity index (χ4n) is 4.12. The van der Waals surface area contributed by atoms with Crippen LogP contribution in [0.25, 0.3) is 0 Å². The number of esters is 1. The summed E-state index contributed by atoms with van der Waals surface area (Å²) in [5.41, 5.74) is 2.01. The molecule has 5 heteroatoms. The Morgan fingerprint density at radius 3 is 2.66 bits per heavy atom. The van der Waals surface area contributed by atoms with E-state index in [1.165, 1.54) is 0 Å². The summed E-state index contributed by atoms with van der Waals surface area (Å²) in [4.78, 5) is 19.9. The molecule has 0 amide bonds. The number of carbonyl (C=O) groups is 1. The minimum atomic E-state index is -0.518. The van der Waals surface area contributed by atoms with Gasteiger partial charge in [-0.25, -0.2) is 0 Å². The molecule has 0 radical (unpaired) electrons. The lowest BCUT2D eigenvalue weighted by atomic mass is 9.81. The summed E-state index contributed by atoms with van der Waals surface area (Å²) in [6, 6.07) is 15.7. The molecule has 1 aliphatic heterocycles. The summed E-state index contributed by atoms with van der Waals surface area (Å²) in [6.07, 6.45) is 4.10. The first-order chi connectivity index (χ1) is 13.9. The number of aryl methyl sites for hydroxylation is 1. The third kappa shape index (κ3) is 4.49. The molecule has 29 heavy (non-hydrogen) atoms. The molecule has 1 saturated heterocycles. The quantitative estimate of drug-likeness (QED) is 0.666. The van der Waals surface area contributed by atoms with E-state index >= 15 is 0 Å². The summed E-state index contributed by atoms with van der Waals surface area (Å²) >= 11 is 0. The van der Waals surface area contributed by atoms with E-state index in [0.29, 0.717) is 18.7 Å². The highest BCUT2D eigenvalue weighted by Crippen LogP contribution is 2.42. The lowest BCUT2D eigenvalue weighted by Gasteiger charge is -2.36. The Morgan fingerprint density at radius 2 is 2.03 bits per heavy atom. The first-order valence-corrected chi connectivity index (χ1v) is 10.2.